The minimum atomic E-state index is -3.69. The lowest BCUT2D eigenvalue weighted by molar-refractivity contribution is 0.598. The third-order valence-electron chi connectivity index (χ3n) is 3.63. The Morgan fingerprint density at radius 1 is 1.22 bits per heavy atom. The zero-order chi connectivity index (χ0) is 18.7. The highest BCUT2D eigenvalue weighted by Gasteiger charge is 2.12. The molecule has 146 valence electrons. The van der Waals surface area contributed by atoms with Crippen molar-refractivity contribution in [2.24, 2.45) is 17.9 Å². The van der Waals surface area contributed by atoms with Crippen molar-refractivity contribution in [3.05, 3.63) is 36.0 Å². The van der Waals surface area contributed by atoms with Gasteiger partial charge in [0, 0.05) is 25.9 Å². The number of aryl methyl sites for hydroxylation is 1. The van der Waals surface area contributed by atoms with Crippen LogP contribution in [0, 0.1) is 0 Å². The third kappa shape index (κ3) is 5.08. The quantitative estimate of drug-likeness (QED) is 0.374. The van der Waals surface area contributed by atoms with Crippen molar-refractivity contribution in [3.63, 3.8) is 0 Å². The monoisotopic (exact) mass is 429 g/mol. The number of sulfonamides is 1. The van der Waals surface area contributed by atoms with Gasteiger partial charge < -0.3 is 11.1 Å². The van der Waals surface area contributed by atoms with Crippen LogP contribution in [-0.2, 0) is 23.6 Å². The fraction of sp³-hybridized carbons (Fsp3) is 0.267. The molecule has 5 N–H and O–H groups in total. The minimum absolute atomic E-state index is 0. The number of thioether (sulfide) groups is 1. The molecule has 0 radical (unpaired) electrons. The second-order valence-electron chi connectivity index (χ2n) is 5.54. The Labute approximate surface area is 167 Å². The summed E-state index contributed by atoms with van der Waals surface area (Å²) in [4.78, 5) is 9.12. The average molecular weight is 430 g/mol. The lowest BCUT2D eigenvalue weighted by Crippen LogP contribution is -2.12. The zero-order valence-corrected chi connectivity index (χ0v) is 16.9. The Bertz CT molecular complexity index is 1020. The molecular weight excluding hydrogens is 410 g/mol. The van der Waals surface area contributed by atoms with Crippen molar-refractivity contribution in [1.82, 2.24) is 19.7 Å². The molecule has 12 heteroatoms. The van der Waals surface area contributed by atoms with E-state index in [0.29, 0.717) is 24.1 Å². The Kier molecular flexibility index (Phi) is 7.00. The van der Waals surface area contributed by atoms with Crippen molar-refractivity contribution in [1.29, 1.82) is 0 Å². The Balaban J connectivity index is 0.00000261. The van der Waals surface area contributed by atoms with Gasteiger partial charge in [-0.3, -0.25) is 4.68 Å². The normalized spacial score (nSPS) is 11.4. The van der Waals surface area contributed by atoms with Crippen molar-refractivity contribution in [3.8, 4) is 0 Å². The van der Waals surface area contributed by atoms with Gasteiger partial charge in [-0.15, -0.1) is 12.4 Å². The van der Waals surface area contributed by atoms with Gasteiger partial charge in [0.1, 0.15) is 5.82 Å². The fourth-order valence-electron chi connectivity index (χ4n) is 2.33. The molecule has 1 aromatic carbocycles. The Morgan fingerprint density at radius 2 is 1.93 bits per heavy atom. The smallest absolute Gasteiger partial charge is 0.238 e. The lowest BCUT2D eigenvalue weighted by atomic mass is 10.2. The van der Waals surface area contributed by atoms with Crippen LogP contribution >= 0.6 is 24.2 Å². The number of nitrogens with zero attached hydrogens (tertiary/aromatic N) is 4. The number of primary sulfonamides is 1. The molecule has 3 aromatic rings. The number of rotatable bonds is 7. The van der Waals surface area contributed by atoms with Crippen LogP contribution in [0.5, 0.6) is 0 Å². The first-order valence-electron chi connectivity index (χ1n) is 7.76. The van der Waals surface area contributed by atoms with E-state index in [9.17, 15) is 8.42 Å². The molecule has 0 amide bonds. The summed E-state index contributed by atoms with van der Waals surface area (Å²) in [5.41, 5.74) is 7.17. The summed E-state index contributed by atoms with van der Waals surface area (Å²) in [5, 5.41) is 14.0. The molecule has 2 heterocycles. The van der Waals surface area contributed by atoms with Crippen LogP contribution in [0.3, 0.4) is 0 Å². The molecule has 0 aliphatic heterocycles. The average Bonchev–Trinajstić information content (AvgIpc) is 2.99. The largest absolute Gasteiger partial charge is 0.365 e. The van der Waals surface area contributed by atoms with E-state index < -0.39 is 10.0 Å². The van der Waals surface area contributed by atoms with Crippen LogP contribution in [0.15, 0.2) is 40.5 Å². The minimum Gasteiger partial charge on any atom is -0.365 e. The summed E-state index contributed by atoms with van der Waals surface area (Å²) in [6.07, 6.45) is 1.71. The number of aromatic nitrogens is 4. The summed E-state index contributed by atoms with van der Waals surface area (Å²) >= 11 is 1.48. The van der Waals surface area contributed by atoms with E-state index in [1.807, 2.05) is 7.05 Å². The molecule has 27 heavy (non-hydrogen) atoms. The summed E-state index contributed by atoms with van der Waals surface area (Å²) in [5.74, 6) is 1.39. The first-order chi connectivity index (χ1) is 12.4. The fourth-order valence-corrected chi connectivity index (χ4v) is 3.46. The predicted molar refractivity (Wildman–Crippen MR) is 108 cm³/mol. The number of benzene rings is 1. The Morgan fingerprint density at radius 3 is 2.56 bits per heavy atom. The molecule has 0 saturated carbocycles. The summed E-state index contributed by atoms with van der Waals surface area (Å²) in [6.45, 7) is 1.00. The molecule has 0 unspecified atom stereocenters. The number of hydrogen-bond donors (Lipinski definition) is 3. The molecule has 9 nitrogen and oxygen atoms in total. The topological polar surface area (TPSA) is 142 Å². The van der Waals surface area contributed by atoms with E-state index in [-0.39, 0.29) is 17.3 Å². The molecule has 0 bridgehead atoms. The first kappa shape index (κ1) is 21.4. The molecule has 3 rings (SSSR count). The zero-order valence-electron chi connectivity index (χ0n) is 14.5. The van der Waals surface area contributed by atoms with Gasteiger partial charge in [0.15, 0.2) is 10.8 Å². The number of nitrogens with two attached hydrogens (primary N) is 2. The standard InChI is InChI=1S/C15H19N7O2S2.ClH/c1-22-14-12(9-19-22)13(20-15(21-14)25-7-6-16)18-8-10-2-4-11(5-3-10)26(17,23)24;/h2-5,9H,6-8,16H2,1H3,(H2,17,23,24)(H,18,20,21);1H. The van der Waals surface area contributed by atoms with Gasteiger partial charge in [0.25, 0.3) is 0 Å². The van der Waals surface area contributed by atoms with Gasteiger partial charge in [-0.1, -0.05) is 23.9 Å². The van der Waals surface area contributed by atoms with E-state index in [1.165, 1.54) is 23.9 Å². The highest BCUT2D eigenvalue weighted by atomic mass is 35.5. The van der Waals surface area contributed by atoms with Gasteiger partial charge in [0.05, 0.1) is 16.5 Å². The third-order valence-corrected chi connectivity index (χ3v) is 5.44. The van der Waals surface area contributed by atoms with Gasteiger partial charge >= 0.3 is 0 Å². The maximum Gasteiger partial charge on any atom is 0.238 e. The lowest BCUT2D eigenvalue weighted by Gasteiger charge is -2.09. The van der Waals surface area contributed by atoms with E-state index in [1.54, 1.807) is 23.0 Å². The SMILES string of the molecule is Cl.Cn1ncc2c(NCc3ccc(S(N)(=O)=O)cc3)nc(SCCN)nc21. The highest BCUT2D eigenvalue weighted by molar-refractivity contribution is 7.99. The number of fused-ring (bicyclic) bond motifs is 1. The maximum atomic E-state index is 11.3. The van der Waals surface area contributed by atoms with Crippen LogP contribution in [0.1, 0.15) is 5.56 Å². The van der Waals surface area contributed by atoms with Crippen LogP contribution in [0.2, 0.25) is 0 Å². The summed E-state index contributed by atoms with van der Waals surface area (Å²) in [6, 6.07) is 6.37. The molecule has 0 saturated heterocycles. The summed E-state index contributed by atoms with van der Waals surface area (Å²) < 4.78 is 24.3. The molecular formula is C15H20ClN7O2S2. The maximum absolute atomic E-state index is 11.3. The van der Waals surface area contributed by atoms with Crippen molar-refractivity contribution < 1.29 is 8.42 Å². The number of halogens is 1. The van der Waals surface area contributed by atoms with Crippen LogP contribution in [0.25, 0.3) is 11.0 Å². The molecule has 2 aromatic heterocycles. The molecule has 0 fully saturated rings. The van der Waals surface area contributed by atoms with Crippen molar-refractivity contribution in [2.75, 3.05) is 17.6 Å². The van der Waals surface area contributed by atoms with E-state index in [0.717, 1.165) is 22.3 Å². The number of anilines is 1. The van der Waals surface area contributed by atoms with Crippen LogP contribution in [0.4, 0.5) is 5.82 Å². The Hall–Kier alpha value is -1.92. The van der Waals surface area contributed by atoms with Gasteiger partial charge in [-0.2, -0.15) is 5.10 Å². The second-order valence-corrected chi connectivity index (χ2v) is 8.16. The van der Waals surface area contributed by atoms with E-state index in [4.69, 9.17) is 10.9 Å². The van der Waals surface area contributed by atoms with Crippen LogP contribution < -0.4 is 16.2 Å². The molecule has 0 aliphatic carbocycles. The van der Waals surface area contributed by atoms with Gasteiger partial charge in [0.2, 0.25) is 10.0 Å². The van der Waals surface area contributed by atoms with E-state index in [2.05, 4.69) is 20.4 Å². The summed E-state index contributed by atoms with van der Waals surface area (Å²) in [7, 11) is -1.87. The second kappa shape index (κ2) is 8.85. The predicted octanol–water partition coefficient (Wildman–Crippen LogP) is 1.10. The first-order valence-corrected chi connectivity index (χ1v) is 10.3. The van der Waals surface area contributed by atoms with Crippen molar-refractivity contribution >= 4 is 51.0 Å². The van der Waals surface area contributed by atoms with Gasteiger partial charge in [-0.05, 0) is 17.7 Å². The molecule has 0 aliphatic rings. The van der Waals surface area contributed by atoms with E-state index >= 15 is 0 Å². The molecule has 0 spiro atoms. The number of nitrogens with one attached hydrogen (secondary N) is 1. The molecule has 0 atom stereocenters. The van der Waals surface area contributed by atoms with Crippen LogP contribution in [-0.4, -0.2) is 40.5 Å². The van der Waals surface area contributed by atoms with Crippen molar-refractivity contribution in [2.45, 2.75) is 16.6 Å². The van der Waals surface area contributed by atoms with Gasteiger partial charge in [-0.25, -0.2) is 23.5 Å². The number of hydrogen-bond acceptors (Lipinski definition) is 8. The highest BCUT2D eigenvalue weighted by Crippen LogP contribution is 2.24.